The first-order chi connectivity index (χ1) is 6.19. The van der Waals surface area contributed by atoms with Gasteiger partial charge in [0.2, 0.25) is 0 Å². The number of hydrogen-bond donors (Lipinski definition) is 0. The van der Waals surface area contributed by atoms with Crippen molar-refractivity contribution < 1.29 is 0 Å². The summed E-state index contributed by atoms with van der Waals surface area (Å²) in [7, 11) is 0. The molecular weight excluding hydrogens is 184 g/mol. The van der Waals surface area contributed by atoms with Crippen LogP contribution in [0.3, 0.4) is 0 Å². The van der Waals surface area contributed by atoms with Crippen LogP contribution in [0.5, 0.6) is 0 Å². The normalized spacial score (nSPS) is 11.8. The van der Waals surface area contributed by atoms with Crippen molar-refractivity contribution in [2.24, 2.45) is 0 Å². The molecule has 2 nitrogen and oxygen atoms in total. The third-order valence-electron chi connectivity index (χ3n) is 1.98. The fourth-order valence-corrected chi connectivity index (χ4v) is 1.32. The Morgan fingerprint density at radius 1 is 1.77 bits per heavy atom. The Kier molecular flexibility index (Phi) is 3.32. The van der Waals surface area contributed by atoms with Gasteiger partial charge in [-0.25, -0.2) is 4.98 Å². The van der Waals surface area contributed by atoms with Crippen LogP contribution in [-0.2, 0) is 6.54 Å². The van der Waals surface area contributed by atoms with Crippen LogP contribution in [0, 0.1) is 6.92 Å². The van der Waals surface area contributed by atoms with Crippen LogP contribution in [0.25, 0.3) is 0 Å². The molecular formula is C10H13ClN2. The zero-order valence-electron chi connectivity index (χ0n) is 7.92. The van der Waals surface area contributed by atoms with E-state index in [2.05, 4.69) is 11.6 Å². The van der Waals surface area contributed by atoms with Gasteiger partial charge in [-0.05, 0) is 19.4 Å². The summed E-state index contributed by atoms with van der Waals surface area (Å²) in [5, 5.41) is 0.665. The lowest BCUT2D eigenvalue weighted by molar-refractivity contribution is 0.761. The molecule has 0 saturated heterocycles. The van der Waals surface area contributed by atoms with Crippen LogP contribution in [0.4, 0.5) is 0 Å². The quantitative estimate of drug-likeness (QED) is 0.680. The number of aromatic nitrogens is 2. The third kappa shape index (κ3) is 2.22. The number of allylic oxidation sites excluding steroid dienone is 3. The molecule has 0 saturated carbocycles. The van der Waals surface area contributed by atoms with Crippen molar-refractivity contribution in [1.29, 1.82) is 0 Å². The average Bonchev–Trinajstić information content (AvgIpc) is 2.44. The van der Waals surface area contributed by atoms with Gasteiger partial charge in [0.1, 0.15) is 11.0 Å². The maximum absolute atomic E-state index is 5.94. The van der Waals surface area contributed by atoms with Crippen molar-refractivity contribution >= 4 is 11.6 Å². The van der Waals surface area contributed by atoms with E-state index in [0.717, 1.165) is 17.9 Å². The van der Waals surface area contributed by atoms with Crippen LogP contribution >= 0.6 is 11.6 Å². The van der Waals surface area contributed by atoms with E-state index in [1.165, 1.54) is 0 Å². The van der Waals surface area contributed by atoms with E-state index in [-0.39, 0.29) is 0 Å². The van der Waals surface area contributed by atoms with E-state index in [1.54, 1.807) is 6.20 Å². The third-order valence-corrected chi connectivity index (χ3v) is 2.28. The van der Waals surface area contributed by atoms with Crippen LogP contribution in [-0.4, -0.2) is 9.55 Å². The van der Waals surface area contributed by atoms with Crippen molar-refractivity contribution in [2.75, 3.05) is 0 Å². The van der Waals surface area contributed by atoms with Gasteiger partial charge >= 0.3 is 0 Å². The zero-order chi connectivity index (χ0) is 9.84. The molecule has 0 aliphatic carbocycles. The molecule has 0 aliphatic rings. The molecule has 1 heterocycles. The Labute approximate surface area is 83.5 Å². The minimum Gasteiger partial charge on any atom is -0.315 e. The minimum absolute atomic E-state index is 0.665. The molecule has 0 N–H and O–H groups in total. The van der Waals surface area contributed by atoms with Gasteiger partial charge in [0.05, 0.1) is 6.20 Å². The largest absolute Gasteiger partial charge is 0.315 e. The lowest BCUT2D eigenvalue weighted by Gasteiger charge is -2.06. The number of rotatable bonds is 3. The summed E-state index contributed by atoms with van der Waals surface area (Å²) in [6.45, 7) is 8.38. The Morgan fingerprint density at radius 3 is 2.85 bits per heavy atom. The molecule has 0 aliphatic heterocycles. The summed E-state index contributed by atoms with van der Waals surface area (Å²) < 4.78 is 1.94. The van der Waals surface area contributed by atoms with Crippen molar-refractivity contribution in [2.45, 2.75) is 20.4 Å². The molecule has 0 radical (unpaired) electrons. The number of aryl methyl sites for hydroxylation is 1. The number of halogens is 1. The molecule has 1 rings (SSSR count). The maximum atomic E-state index is 5.94. The maximum Gasteiger partial charge on any atom is 0.129 e. The fourth-order valence-electron chi connectivity index (χ4n) is 1.09. The van der Waals surface area contributed by atoms with Gasteiger partial charge < -0.3 is 4.57 Å². The van der Waals surface area contributed by atoms with Crippen LogP contribution in [0.15, 0.2) is 30.5 Å². The predicted octanol–water partition coefficient (Wildman–Crippen LogP) is 2.98. The Morgan fingerprint density at radius 2 is 2.46 bits per heavy atom. The first kappa shape index (κ1) is 10.1. The van der Waals surface area contributed by atoms with Gasteiger partial charge in [0.25, 0.3) is 0 Å². The summed E-state index contributed by atoms with van der Waals surface area (Å²) in [6.07, 6.45) is 5.51. The standard InChI is InChI=1S/C10H13ClN2/c1-4-9(5-2)7-13-8(3)12-6-10(13)11/h4-6H,1,7H2,2-3H3/b9-5+. The van der Waals surface area contributed by atoms with Crippen molar-refractivity contribution in [3.05, 3.63) is 41.5 Å². The lowest BCUT2D eigenvalue weighted by atomic mass is 10.2. The van der Waals surface area contributed by atoms with Crippen molar-refractivity contribution in [3.8, 4) is 0 Å². The van der Waals surface area contributed by atoms with E-state index < -0.39 is 0 Å². The van der Waals surface area contributed by atoms with Gasteiger partial charge in [0, 0.05) is 6.54 Å². The molecule has 0 amide bonds. The second kappa shape index (κ2) is 4.28. The minimum atomic E-state index is 0.665. The summed E-state index contributed by atoms with van der Waals surface area (Å²) in [5.74, 6) is 0.922. The van der Waals surface area contributed by atoms with Gasteiger partial charge in [-0.1, -0.05) is 30.3 Å². The Balaban J connectivity index is 2.90. The molecule has 13 heavy (non-hydrogen) atoms. The summed E-state index contributed by atoms with van der Waals surface area (Å²) in [5.41, 5.74) is 1.14. The second-order valence-electron chi connectivity index (χ2n) is 2.78. The zero-order valence-corrected chi connectivity index (χ0v) is 8.67. The smallest absolute Gasteiger partial charge is 0.129 e. The molecule has 3 heteroatoms. The lowest BCUT2D eigenvalue weighted by Crippen LogP contribution is -2.02. The monoisotopic (exact) mass is 196 g/mol. The van der Waals surface area contributed by atoms with E-state index in [4.69, 9.17) is 11.6 Å². The molecule has 0 atom stereocenters. The molecule has 70 valence electrons. The van der Waals surface area contributed by atoms with E-state index in [1.807, 2.05) is 30.6 Å². The first-order valence-corrected chi connectivity index (χ1v) is 4.52. The van der Waals surface area contributed by atoms with Crippen LogP contribution in [0.2, 0.25) is 5.15 Å². The molecule has 0 spiro atoms. The Bertz CT molecular complexity index is 317. The van der Waals surface area contributed by atoms with Crippen molar-refractivity contribution in [3.63, 3.8) is 0 Å². The fraction of sp³-hybridized carbons (Fsp3) is 0.300. The van der Waals surface area contributed by atoms with Gasteiger partial charge in [-0.15, -0.1) is 0 Å². The topological polar surface area (TPSA) is 17.8 Å². The summed E-state index contributed by atoms with van der Waals surface area (Å²) >= 11 is 5.94. The highest BCUT2D eigenvalue weighted by atomic mass is 35.5. The average molecular weight is 197 g/mol. The first-order valence-electron chi connectivity index (χ1n) is 4.14. The second-order valence-corrected chi connectivity index (χ2v) is 3.17. The molecule has 0 bridgehead atoms. The van der Waals surface area contributed by atoms with Gasteiger partial charge in [0.15, 0.2) is 0 Å². The van der Waals surface area contributed by atoms with Crippen LogP contribution in [0.1, 0.15) is 12.7 Å². The van der Waals surface area contributed by atoms with Gasteiger partial charge in [-0.2, -0.15) is 0 Å². The summed E-state index contributed by atoms with van der Waals surface area (Å²) in [4.78, 5) is 4.11. The number of nitrogens with zero attached hydrogens (tertiary/aromatic N) is 2. The summed E-state index contributed by atoms with van der Waals surface area (Å²) in [6, 6.07) is 0. The predicted molar refractivity (Wildman–Crippen MR) is 55.9 cm³/mol. The number of imidazole rings is 1. The highest BCUT2D eigenvalue weighted by Crippen LogP contribution is 2.13. The molecule has 0 fully saturated rings. The molecule has 0 aromatic carbocycles. The molecule has 0 unspecified atom stereocenters. The molecule has 1 aromatic rings. The molecule has 1 aromatic heterocycles. The van der Waals surface area contributed by atoms with Crippen LogP contribution < -0.4 is 0 Å². The van der Waals surface area contributed by atoms with Gasteiger partial charge in [-0.3, -0.25) is 0 Å². The Hall–Kier alpha value is -1.02. The van der Waals surface area contributed by atoms with E-state index in [0.29, 0.717) is 5.15 Å². The number of hydrogen-bond acceptors (Lipinski definition) is 1. The van der Waals surface area contributed by atoms with Crippen molar-refractivity contribution in [1.82, 2.24) is 9.55 Å². The van der Waals surface area contributed by atoms with E-state index in [9.17, 15) is 0 Å². The SMILES string of the molecule is C=C/C(=C\C)Cn1c(Cl)cnc1C. The van der Waals surface area contributed by atoms with E-state index >= 15 is 0 Å². The highest BCUT2D eigenvalue weighted by molar-refractivity contribution is 6.29. The highest BCUT2D eigenvalue weighted by Gasteiger charge is 2.03.